The van der Waals surface area contributed by atoms with Crippen molar-refractivity contribution in [3.8, 4) is 0 Å². The van der Waals surface area contributed by atoms with E-state index in [1.807, 2.05) is 0 Å². The molecule has 0 bridgehead atoms. The topological polar surface area (TPSA) is 60.4 Å². The Bertz CT molecular complexity index is 649. The van der Waals surface area contributed by atoms with Crippen LogP contribution < -0.4 is 0 Å². The van der Waals surface area contributed by atoms with E-state index in [1.54, 1.807) is 6.92 Å². The van der Waals surface area contributed by atoms with Gasteiger partial charge in [-0.25, -0.2) is 8.78 Å². The maximum absolute atomic E-state index is 13.4. The lowest BCUT2D eigenvalue weighted by atomic mass is 9.66. The molecule has 112 valence electrons. The Hall–Kier alpha value is -2.11. The minimum atomic E-state index is -1.63. The third kappa shape index (κ3) is 2.24. The molecular weight excluding hydrogens is 282 g/mol. The van der Waals surface area contributed by atoms with E-state index in [0.29, 0.717) is 0 Å². The third-order valence-electron chi connectivity index (χ3n) is 3.66. The molecule has 1 unspecified atom stereocenters. The molecule has 2 rings (SSSR count). The summed E-state index contributed by atoms with van der Waals surface area (Å²) >= 11 is 0. The van der Waals surface area contributed by atoms with Gasteiger partial charge < -0.3 is 4.74 Å². The number of rotatable bonds is 2. The summed E-state index contributed by atoms with van der Waals surface area (Å²) in [4.78, 5) is 36.5. The largest absolute Gasteiger partial charge is 0.465 e. The first-order valence-corrected chi connectivity index (χ1v) is 6.46. The molecule has 0 saturated carbocycles. The van der Waals surface area contributed by atoms with Gasteiger partial charge in [-0.3, -0.25) is 14.4 Å². The van der Waals surface area contributed by atoms with Crippen molar-refractivity contribution in [3.63, 3.8) is 0 Å². The molecule has 21 heavy (non-hydrogen) atoms. The van der Waals surface area contributed by atoms with Crippen molar-refractivity contribution >= 4 is 17.5 Å². The second kappa shape index (κ2) is 5.02. The highest BCUT2D eigenvalue weighted by Gasteiger charge is 2.50. The van der Waals surface area contributed by atoms with Crippen molar-refractivity contribution in [2.75, 3.05) is 6.61 Å². The molecular formula is C15H14F2O4. The maximum atomic E-state index is 13.4. The zero-order valence-electron chi connectivity index (χ0n) is 11.8. The highest BCUT2D eigenvalue weighted by molar-refractivity contribution is 6.27. The Morgan fingerprint density at radius 2 is 1.81 bits per heavy atom. The summed E-state index contributed by atoms with van der Waals surface area (Å²) in [6.07, 6.45) is 0. The fraction of sp³-hybridized carbons (Fsp3) is 0.400. The van der Waals surface area contributed by atoms with Crippen molar-refractivity contribution in [2.24, 2.45) is 5.92 Å². The zero-order valence-corrected chi connectivity index (χ0v) is 11.8. The summed E-state index contributed by atoms with van der Waals surface area (Å²) in [5, 5.41) is 0. The number of Topliss-reactive ketones (excluding diaryl/α,β-unsaturated/α-hetero) is 2. The number of hydrogen-bond donors (Lipinski definition) is 0. The van der Waals surface area contributed by atoms with Crippen LogP contribution in [0.1, 0.15) is 36.7 Å². The number of ketones is 2. The van der Waals surface area contributed by atoms with Gasteiger partial charge in [0.1, 0.15) is 0 Å². The van der Waals surface area contributed by atoms with E-state index in [9.17, 15) is 23.2 Å². The average molecular weight is 296 g/mol. The van der Waals surface area contributed by atoms with Gasteiger partial charge >= 0.3 is 5.97 Å². The lowest BCUT2D eigenvalue weighted by Gasteiger charge is -2.33. The van der Waals surface area contributed by atoms with E-state index in [4.69, 9.17) is 4.74 Å². The Kier molecular flexibility index (Phi) is 3.65. The molecule has 0 aliphatic heterocycles. The summed E-state index contributed by atoms with van der Waals surface area (Å²) in [6, 6.07) is 1.56. The Morgan fingerprint density at radius 1 is 1.24 bits per heavy atom. The number of fused-ring (bicyclic) bond motifs is 1. The summed E-state index contributed by atoms with van der Waals surface area (Å²) < 4.78 is 31.5. The molecule has 0 aromatic heterocycles. The fourth-order valence-corrected chi connectivity index (χ4v) is 2.48. The standard InChI is InChI=1S/C15H14F2O4/c1-4-21-14(20)11-12(18)7-5-9(16)10(17)6-8(7)15(2,3)13(11)19/h5-6,11H,4H2,1-3H3. The highest BCUT2D eigenvalue weighted by atomic mass is 19.2. The van der Waals surface area contributed by atoms with Crippen LogP contribution in [0.15, 0.2) is 12.1 Å². The molecule has 1 aliphatic rings. The van der Waals surface area contributed by atoms with Crippen molar-refractivity contribution in [2.45, 2.75) is 26.2 Å². The maximum Gasteiger partial charge on any atom is 0.324 e. The van der Waals surface area contributed by atoms with Crippen molar-refractivity contribution in [1.82, 2.24) is 0 Å². The predicted octanol–water partition coefficient (Wildman–Crippen LogP) is 2.19. The molecule has 0 heterocycles. The Balaban J connectivity index is 2.64. The minimum absolute atomic E-state index is 0.0148. The van der Waals surface area contributed by atoms with Crippen LogP contribution in [0.4, 0.5) is 8.78 Å². The number of esters is 1. The van der Waals surface area contributed by atoms with Gasteiger partial charge in [0.05, 0.1) is 12.0 Å². The quantitative estimate of drug-likeness (QED) is 0.620. The molecule has 1 aliphatic carbocycles. The van der Waals surface area contributed by atoms with Crippen LogP contribution in [0.5, 0.6) is 0 Å². The fourth-order valence-electron chi connectivity index (χ4n) is 2.48. The molecule has 0 amide bonds. The first-order valence-electron chi connectivity index (χ1n) is 6.46. The minimum Gasteiger partial charge on any atom is -0.465 e. The molecule has 6 heteroatoms. The summed E-state index contributed by atoms with van der Waals surface area (Å²) in [5.41, 5.74) is -1.36. The van der Waals surface area contributed by atoms with Crippen LogP contribution in [0.2, 0.25) is 0 Å². The van der Waals surface area contributed by atoms with E-state index in [2.05, 4.69) is 0 Å². The molecule has 0 fully saturated rings. The van der Waals surface area contributed by atoms with Gasteiger partial charge in [0, 0.05) is 5.56 Å². The third-order valence-corrected chi connectivity index (χ3v) is 3.66. The predicted molar refractivity (Wildman–Crippen MR) is 68.8 cm³/mol. The van der Waals surface area contributed by atoms with E-state index in [-0.39, 0.29) is 17.7 Å². The van der Waals surface area contributed by atoms with Gasteiger partial charge in [0.2, 0.25) is 0 Å². The van der Waals surface area contributed by atoms with Gasteiger partial charge in [0.15, 0.2) is 29.1 Å². The normalized spacial score (nSPS) is 20.1. The van der Waals surface area contributed by atoms with E-state index >= 15 is 0 Å². The lowest BCUT2D eigenvalue weighted by molar-refractivity contribution is -0.150. The molecule has 1 aromatic rings. The van der Waals surface area contributed by atoms with Crippen molar-refractivity contribution < 1.29 is 27.9 Å². The van der Waals surface area contributed by atoms with Gasteiger partial charge in [-0.05, 0) is 38.5 Å². The molecule has 0 spiro atoms. The molecule has 4 nitrogen and oxygen atoms in total. The number of carbonyl (C=O) groups excluding carboxylic acids is 3. The zero-order chi connectivity index (χ0) is 15.9. The molecule has 0 saturated heterocycles. The first-order chi connectivity index (χ1) is 9.71. The summed E-state index contributed by atoms with van der Waals surface area (Å²) in [6.45, 7) is 4.49. The second-order valence-corrected chi connectivity index (χ2v) is 5.35. The number of carbonyl (C=O) groups is 3. The van der Waals surface area contributed by atoms with Crippen LogP contribution in [-0.4, -0.2) is 24.1 Å². The van der Waals surface area contributed by atoms with Crippen molar-refractivity contribution in [3.05, 3.63) is 34.9 Å². The monoisotopic (exact) mass is 296 g/mol. The number of halogens is 2. The summed E-state index contributed by atoms with van der Waals surface area (Å²) in [7, 11) is 0. The molecule has 0 radical (unpaired) electrons. The van der Waals surface area contributed by atoms with E-state index in [0.717, 1.165) is 12.1 Å². The lowest BCUT2D eigenvalue weighted by Crippen LogP contribution is -2.48. The molecule has 1 atom stereocenters. The number of ether oxygens (including phenoxy) is 1. The smallest absolute Gasteiger partial charge is 0.324 e. The first kappa shape index (κ1) is 15.3. The van der Waals surface area contributed by atoms with Crippen LogP contribution in [0, 0.1) is 17.6 Å². The Morgan fingerprint density at radius 3 is 2.38 bits per heavy atom. The number of benzene rings is 1. The van der Waals surface area contributed by atoms with Gasteiger partial charge in [0.25, 0.3) is 0 Å². The van der Waals surface area contributed by atoms with E-state index in [1.165, 1.54) is 13.8 Å². The van der Waals surface area contributed by atoms with E-state index < -0.39 is 40.5 Å². The second-order valence-electron chi connectivity index (χ2n) is 5.35. The van der Waals surface area contributed by atoms with Gasteiger partial charge in [-0.15, -0.1) is 0 Å². The highest BCUT2D eigenvalue weighted by Crippen LogP contribution is 2.38. The SMILES string of the molecule is CCOC(=O)C1C(=O)c2cc(F)c(F)cc2C(C)(C)C1=O. The molecule has 0 N–H and O–H groups in total. The van der Waals surface area contributed by atoms with Crippen LogP contribution in [0.3, 0.4) is 0 Å². The van der Waals surface area contributed by atoms with Crippen LogP contribution >= 0.6 is 0 Å². The van der Waals surface area contributed by atoms with Gasteiger partial charge in [-0.2, -0.15) is 0 Å². The van der Waals surface area contributed by atoms with Gasteiger partial charge in [-0.1, -0.05) is 0 Å². The van der Waals surface area contributed by atoms with Crippen LogP contribution in [-0.2, 0) is 19.7 Å². The van der Waals surface area contributed by atoms with Crippen molar-refractivity contribution in [1.29, 1.82) is 0 Å². The average Bonchev–Trinajstić information content (AvgIpc) is 2.40. The molecule has 1 aromatic carbocycles. The summed E-state index contributed by atoms with van der Waals surface area (Å²) in [5.74, 6) is -6.46. The number of hydrogen-bond acceptors (Lipinski definition) is 4. The Labute approximate surface area is 120 Å². The van der Waals surface area contributed by atoms with Crippen LogP contribution in [0.25, 0.3) is 0 Å².